The highest BCUT2D eigenvalue weighted by Gasteiger charge is 2.18. The van der Waals surface area contributed by atoms with E-state index in [2.05, 4.69) is 10.3 Å². The maximum absolute atomic E-state index is 12.4. The van der Waals surface area contributed by atoms with Gasteiger partial charge in [0.25, 0.3) is 0 Å². The summed E-state index contributed by atoms with van der Waals surface area (Å²) in [6, 6.07) is 14.7. The zero-order valence-electron chi connectivity index (χ0n) is 14.3. The lowest BCUT2D eigenvalue weighted by Gasteiger charge is -2.13. The Morgan fingerprint density at radius 1 is 1.27 bits per heavy atom. The second-order valence-electron chi connectivity index (χ2n) is 5.54. The maximum Gasteiger partial charge on any atom is 0.237 e. The van der Waals surface area contributed by atoms with Crippen LogP contribution < -0.4 is 10.1 Å². The first-order valence-electron chi connectivity index (χ1n) is 7.97. The third-order valence-electron chi connectivity index (χ3n) is 3.70. The van der Waals surface area contributed by atoms with Crippen molar-refractivity contribution >= 4 is 35.0 Å². The summed E-state index contributed by atoms with van der Waals surface area (Å²) in [6.07, 6.45) is 3.58. The number of hydrogen-bond donors (Lipinski definition) is 1. The number of carbonyl (C=O) groups is 1. The van der Waals surface area contributed by atoms with E-state index < -0.39 is 0 Å². The first kappa shape index (κ1) is 18.4. The minimum absolute atomic E-state index is 0.0995. The third kappa shape index (κ3) is 4.39. The molecule has 1 heterocycles. The molecule has 1 aromatic heterocycles. The molecule has 26 heavy (non-hydrogen) atoms. The molecule has 3 aromatic rings. The van der Waals surface area contributed by atoms with Gasteiger partial charge in [0, 0.05) is 29.2 Å². The molecular formula is C19H18ClN3O2S. The molecule has 3 rings (SSSR count). The molecule has 0 aliphatic heterocycles. The summed E-state index contributed by atoms with van der Waals surface area (Å²) < 4.78 is 7.20. The molecule has 0 radical (unpaired) electrons. The topological polar surface area (TPSA) is 56.2 Å². The van der Waals surface area contributed by atoms with Gasteiger partial charge in [-0.2, -0.15) is 0 Å². The van der Waals surface area contributed by atoms with Crippen LogP contribution in [0.5, 0.6) is 5.75 Å². The van der Waals surface area contributed by atoms with Gasteiger partial charge in [-0.05, 0) is 43.3 Å². The van der Waals surface area contributed by atoms with E-state index in [1.54, 1.807) is 37.6 Å². The molecule has 1 N–H and O–H groups in total. The molecule has 0 spiro atoms. The number of thioether (sulfide) groups is 1. The molecule has 0 aliphatic carbocycles. The van der Waals surface area contributed by atoms with Crippen LogP contribution in [0.3, 0.4) is 0 Å². The number of methoxy groups -OCH3 is 1. The standard InChI is InChI=1S/C19H18ClN3O2S/c1-13(18(24)22-15-8-6-14(20)7-9-15)26-19-21-10-11-23(19)16-4-3-5-17(12-16)25-2/h3-13H,1-2H3,(H,22,24). The predicted octanol–water partition coefficient (Wildman–Crippen LogP) is 4.65. The summed E-state index contributed by atoms with van der Waals surface area (Å²) in [5.74, 6) is 0.665. The molecule has 7 heteroatoms. The number of nitrogens with one attached hydrogen (secondary N) is 1. The van der Waals surface area contributed by atoms with Crippen LogP contribution in [0.15, 0.2) is 66.1 Å². The van der Waals surface area contributed by atoms with Gasteiger partial charge in [0.05, 0.1) is 18.0 Å². The number of hydrogen-bond acceptors (Lipinski definition) is 4. The Kier molecular flexibility index (Phi) is 5.85. The Morgan fingerprint density at radius 3 is 2.77 bits per heavy atom. The van der Waals surface area contributed by atoms with Crippen molar-refractivity contribution in [3.8, 4) is 11.4 Å². The van der Waals surface area contributed by atoms with E-state index in [0.717, 1.165) is 16.6 Å². The summed E-state index contributed by atoms with van der Waals surface area (Å²) in [5.41, 5.74) is 1.64. The third-order valence-corrected chi connectivity index (χ3v) is 5.03. The summed E-state index contributed by atoms with van der Waals surface area (Å²) in [7, 11) is 1.63. The zero-order chi connectivity index (χ0) is 18.5. The van der Waals surface area contributed by atoms with Crippen molar-refractivity contribution in [3.63, 3.8) is 0 Å². The number of amides is 1. The molecule has 0 saturated carbocycles. The predicted molar refractivity (Wildman–Crippen MR) is 106 cm³/mol. The lowest BCUT2D eigenvalue weighted by Crippen LogP contribution is -2.22. The van der Waals surface area contributed by atoms with Gasteiger partial charge in [0.2, 0.25) is 5.91 Å². The van der Waals surface area contributed by atoms with Crippen molar-refractivity contribution in [1.82, 2.24) is 9.55 Å². The number of aromatic nitrogens is 2. The average Bonchev–Trinajstić information content (AvgIpc) is 3.11. The van der Waals surface area contributed by atoms with Gasteiger partial charge < -0.3 is 10.1 Å². The van der Waals surface area contributed by atoms with Crippen molar-refractivity contribution in [2.24, 2.45) is 0 Å². The lowest BCUT2D eigenvalue weighted by molar-refractivity contribution is -0.115. The van der Waals surface area contributed by atoms with E-state index in [0.29, 0.717) is 10.7 Å². The monoisotopic (exact) mass is 387 g/mol. The molecule has 1 atom stereocenters. The number of carbonyl (C=O) groups excluding carboxylic acids is 1. The van der Waals surface area contributed by atoms with Crippen LogP contribution in [0.2, 0.25) is 5.02 Å². The van der Waals surface area contributed by atoms with Crippen LogP contribution in [0.1, 0.15) is 6.92 Å². The van der Waals surface area contributed by atoms with E-state index in [9.17, 15) is 4.79 Å². The van der Waals surface area contributed by atoms with Crippen LogP contribution in [-0.4, -0.2) is 27.8 Å². The highest BCUT2D eigenvalue weighted by atomic mass is 35.5. The molecule has 134 valence electrons. The zero-order valence-corrected chi connectivity index (χ0v) is 15.9. The van der Waals surface area contributed by atoms with Gasteiger partial charge in [-0.1, -0.05) is 29.4 Å². The van der Waals surface area contributed by atoms with Crippen molar-refractivity contribution in [1.29, 1.82) is 0 Å². The Balaban J connectivity index is 1.71. The Morgan fingerprint density at radius 2 is 2.04 bits per heavy atom. The summed E-state index contributed by atoms with van der Waals surface area (Å²) in [5, 5.41) is 3.93. The molecule has 0 saturated heterocycles. The number of anilines is 1. The van der Waals surface area contributed by atoms with Crippen LogP contribution >= 0.6 is 23.4 Å². The molecule has 5 nitrogen and oxygen atoms in total. The lowest BCUT2D eigenvalue weighted by atomic mass is 10.3. The SMILES string of the molecule is COc1cccc(-n2ccnc2SC(C)C(=O)Nc2ccc(Cl)cc2)c1. The molecular weight excluding hydrogens is 370 g/mol. The second kappa shape index (κ2) is 8.29. The second-order valence-corrected chi connectivity index (χ2v) is 7.28. The number of halogens is 1. The molecule has 0 aliphatic rings. The van der Waals surface area contributed by atoms with Crippen molar-refractivity contribution in [2.45, 2.75) is 17.3 Å². The molecule has 2 aromatic carbocycles. The van der Waals surface area contributed by atoms with Gasteiger partial charge in [-0.3, -0.25) is 9.36 Å². The number of imidazole rings is 1. The van der Waals surface area contributed by atoms with Crippen molar-refractivity contribution in [3.05, 3.63) is 65.9 Å². The number of rotatable bonds is 6. The number of ether oxygens (including phenoxy) is 1. The van der Waals surface area contributed by atoms with Gasteiger partial charge in [0.1, 0.15) is 5.75 Å². The minimum atomic E-state index is -0.322. The Labute approximate surface area is 161 Å². The molecule has 1 unspecified atom stereocenters. The molecule has 0 fully saturated rings. The highest BCUT2D eigenvalue weighted by molar-refractivity contribution is 8.00. The molecule has 0 bridgehead atoms. The fourth-order valence-corrected chi connectivity index (χ4v) is 3.33. The van der Waals surface area contributed by atoms with Crippen LogP contribution in [-0.2, 0) is 4.79 Å². The van der Waals surface area contributed by atoms with Gasteiger partial charge in [0.15, 0.2) is 5.16 Å². The summed E-state index contributed by atoms with van der Waals surface area (Å²) in [4.78, 5) is 16.8. The largest absolute Gasteiger partial charge is 0.497 e. The first-order valence-corrected chi connectivity index (χ1v) is 9.23. The fourth-order valence-electron chi connectivity index (χ4n) is 2.32. The number of benzene rings is 2. The average molecular weight is 388 g/mol. The van der Waals surface area contributed by atoms with E-state index in [-0.39, 0.29) is 11.2 Å². The van der Waals surface area contributed by atoms with E-state index >= 15 is 0 Å². The quantitative estimate of drug-likeness (QED) is 0.625. The molecule has 1 amide bonds. The highest BCUT2D eigenvalue weighted by Crippen LogP contribution is 2.27. The van der Waals surface area contributed by atoms with E-state index in [4.69, 9.17) is 16.3 Å². The van der Waals surface area contributed by atoms with Gasteiger partial charge in [-0.15, -0.1) is 0 Å². The van der Waals surface area contributed by atoms with Crippen molar-refractivity contribution in [2.75, 3.05) is 12.4 Å². The van der Waals surface area contributed by atoms with Crippen LogP contribution in [0, 0.1) is 0 Å². The van der Waals surface area contributed by atoms with Gasteiger partial charge >= 0.3 is 0 Å². The van der Waals surface area contributed by atoms with Crippen molar-refractivity contribution < 1.29 is 9.53 Å². The first-order chi connectivity index (χ1) is 12.6. The van der Waals surface area contributed by atoms with E-state index in [1.165, 1.54) is 11.8 Å². The summed E-state index contributed by atoms with van der Waals surface area (Å²) in [6.45, 7) is 1.85. The Hall–Kier alpha value is -2.44. The fraction of sp³-hybridized carbons (Fsp3) is 0.158. The van der Waals surface area contributed by atoms with Crippen LogP contribution in [0.25, 0.3) is 5.69 Å². The van der Waals surface area contributed by atoms with E-state index in [1.807, 2.05) is 42.0 Å². The number of nitrogens with zero attached hydrogens (tertiary/aromatic N) is 2. The maximum atomic E-state index is 12.4. The normalized spacial score (nSPS) is 11.8. The smallest absolute Gasteiger partial charge is 0.237 e. The van der Waals surface area contributed by atoms with Crippen LogP contribution in [0.4, 0.5) is 5.69 Å². The summed E-state index contributed by atoms with van der Waals surface area (Å²) >= 11 is 7.25. The van der Waals surface area contributed by atoms with Gasteiger partial charge in [-0.25, -0.2) is 4.98 Å². The minimum Gasteiger partial charge on any atom is -0.497 e. The Bertz CT molecular complexity index is 896.